The van der Waals surface area contributed by atoms with Crippen LogP contribution in [0.4, 0.5) is 5.69 Å². The first-order valence-corrected chi connectivity index (χ1v) is 10.2. The fourth-order valence-corrected chi connectivity index (χ4v) is 4.42. The largest absolute Gasteiger partial charge is 0.335 e. The first kappa shape index (κ1) is 18.7. The summed E-state index contributed by atoms with van der Waals surface area (Å²) in [7, 11) is 0. The van der Waals surface area contributed by atoms with Gasteiger partial charge in [0.05, 0.1) is 6.04 Å². The minimum Gasteiger partial charge on any atom is -0.335 e. The van der Waals surface area contributed by atoms with Gasteiger partial charge in [-0.15, -0.1) is 0 Å². The number of nitrogens with zero attached hydrogens (tertiary/aromatic N) is 2. The van der Waals surface area contributed by atoms with Gasteiger partial charge in [0.2, 0.25) is 11.8 Å². The summed E-state index contributed by atoms with van der Waals surface area (Å²) in [5.74, 6) is -0.602. The molecule has 2 atom stereocenters. The zero-order valence-corrected chi connectivity index (χ0v) is 16.9. The minimum atomic E-state index is -0.548. The van der Waals surface area contributed by atoms with Crippen LogP contribution in [0.1, 0.15) is 47.6 Å². The van der Waals surface area contributed by atoms with Gasteiger partial charge in [0.25, 0.3) is 0 Å². The molecular weight excluding hydrogens is 348 g/mol. The van der Waals surface area contributed by atoms with Crippen LogP contribution in [0, 0.1) is 26.7 Å². The molecule has 2 aliphatic rings. The molecule has 0 radical (unpaired) electrons. The molecule has 0 aromatic heterocycles. The zero-order valence-electron chi connectivity index (χ0n) is 16.9. The zero-order chi connectivity index (χ0) is 19.8. The Kier molecular flexibility index (Phi) is 4.96. The van der Waals surface area contributed by atoms with Gasteiger partial charge in [0.1, 0.15) is 5.92 Å². The highest BCUT2D eigenvalue weighted by molar-refractivity contribution is 6.09. The number of anilines is 1. The van der Waals surface area contributed by atoms with Crippen molar-refractivity contribution in [3.8, 4) is 0 Å². The van der Waals surface area contributed by atoms with Crippen LogP contribution in [-0.2, 0) is 9.59 Å². The van der Waals surface area contributed by atoms with Crippen molar-refractivity contribution in [2.45, 2.75) is 46.1 Å². The maximum atomic E-state index is 13.3. The number of carbonyl (C=O) groups excluding carboxylic acids is 2. The minimum absolute atomic E-state index is 0.000548. The van der Waals surface area contributed by atoms with E-state index in [-0.39, 0.29) is 17.9 Å². The van der Waals surface area contributed by atoms with Crippen molar-refractivity contribution >= 4 is 17.5 Å². The quantitative estimate of drug-likeness (QED) is 0.748. The Balaban J connectivity index is 1.52. The fourth-order valence-electron chi connectivity index (χ4n) is 4.42. The van der Waals surface area contributed by atoms with Gasteiger partial charge in [0, 0.05) is 18.8 Å². The van der Waals surface area contributed by atoms with Gasteiger partial charge in [-0.1, -0.05) is 35.9 Å². The van der Waals surface area contributed by atoms with E-state index in [1.807, 2.05) is 23.1 Å². The molecule has 0 saturated carbocycles. The van der Waals surface area contributed by atoms with Crippen molar-refractivity contribution in [1.29, 1.82) is 0 Å². The Bertz CT molecular complexity index is 903. The lowest BCUT2D eigenvalue weighted by atomic mass is 10.0. The molecule has 0 bridgehead atoms. The van der Waals surface area contributed by atoms with Crippen molar-refractivity contribution in [3.63, 3.8) is 0 Å². The Morgan fingerprint density at radius 3 is 2.39 bits per heavy atom. The van der Waals surface area contributed by atoms with E-state index in [1.54, 1.807) is 4.90 Å². The third kappa shape index (κ3) is 3.32. The first-order valence-electron chi connectivity index (χ1n) is 10.2. The average Bonchev–Trinajstić information content (AvgIpc) is 3.31. The van der Waals surface area contributed by atoms with Crippen LogP contribution in [0.5, 0.6) is 0 Å². The molecule has 0 N–H and O–H groups in total. The molecule has 0 spiro atoms. The molecule has 0 aliphatic carbocycles. The standard InChI is InChI=1S/C24H28N2O2/c1-16-6-9-19(10-7-16)22-5-4-13-26(22)24(28)21-12-14-25(23(21)27)20-11-8-17(2)18(3)15-20/h6-11,15,21-22H,4-5,12-14H2,1-3H3. The Morgan fingerprint density at radius 2 is 1.68 bits per heavy atom. The number of aryl methyl sites for hydroxylation is 3. The van der Waals surface area contributed by atoms with E-state index in [1.165, 1.54) is 22.3 Å². The van der Waals surface area contributed by atoms with Crippen LogP contribution >= 0.6 is 0 Å². The van der Waals surface area contributed by atoms with Crippen LogP contribution in [0.25, 0.3) is 0 Å². The Hall–Kier alpha value is -2.62. The molecule has 2 unspecified atom stereocenters. The molecule has 2 heterocycles. The highest BCUT2D eigenvalue weighted by Crippen LogP contribution is 2.36. The van der Waals surface area contributed by atoms with Crippen molar-refractivity contribution in [2.75, 3.05) is 18.0 Å². The number of hydrogen-bond acceptors (Lipinski definition) is 2. The SMILES string of the molecule is Cc1ccc(C2CCCN2C(=O)C2CCN(c3ccc(C)c(C)c3)C2=O)cc1. The molecule has 4 heteroatoms. The van der Waals surface area contributed by atoms with E-state index in [4.69, 9.17) is 0 Å². The van der Waals surface area contributed by atoms with Crippen LogP contribution in [0.3, 0.4) is 0 Å². The Morgan fingerprint density at radius 1 is 0.929 bits per heavy atom. The van der Waals surface area contributed by atoms with Gasteiger partial charge < -0.3 is 9.80 Å². The molecule has 146 valence electrons. The number of carbonyl (C=O) groups is 2. The summed E-state index contributed by atoms with van der Waals surface area (Å²) in [4.78, 5) is 30.1. The second-order valence-electron chi connectivity index (χ2n) is 8.20. The molecule has 2 saturated heterocycles. The molecule has 2 fully saturated rings. The molecule has 2 aromatic carbocycles. The van der Waals surface area contributed by atoms with Crippen molar-refractivity contribution in [3.05, 3.63) is 64.7 Å². The lowest BCUT2D eigenvalue weighted by Crippen LogP contribution is -2.39. The molecule has 2 aliphatic heterocycles. The molecular formula is C24H28N2O2. The van der Waals surface area contributed by atoms with Crippen LogP contribution in [0.15, 0.2) is 42.5 Å². The number of rotatable bonds is 3. The van der Waals surface area contributed by atoms with Crippen molar-refractivity contribution < 1.29 is 9.59 Å². The van der Waals surface area contributed by atoms with Crippen LogP contribution in [-0.4, -0.2) is 29.8 Å². The predicted molar refractivity (Wildman–Crippen MR) is 111 cm³/mol. The highest BCUT2D eigenvalue weighted by atomic mass is 16.2. The smallest absolute Gasteiger partial charge is 0.239 e. The molecule has 28 heavy (non-hydrogen) atoms. The van der Waals surface area contributed by atoms with Gasteiger partial charge in [-0.05, 0) is 68.9 Å². The molecule has 2 amide bonds. The summed E-state index contributed by atoms with van der Waals surface area (Å²) in [6.07, 6.45) is 2.56. The lowest BCUT2D eigenvalue weighted by molar-refractivity contribution is -0.140. The summed E-state index contributed by atoms with van der Waals surface area (Å²) in [6.45, 7) is 7.54. The van der Waals surface area contributed by atoms with Gasteiger partial charge in [-0.3, -0.25) is 9.59 Å². The average molecular weight is 377 g/mol. The summed E-state index contributed by atoms with van der Waals surface area (Å²) in [5.41, 5.74) is 5.67. The van der Waals surface area contributed by atoms with E-state index in [2.05, 4.69) is 45.0 Å². The third-order valence-electron chi connectivity index (χ3n) is 6.30. The Labute approximate surface area is 167 Å². The second-order valence-corrected chi connectivity index (χ2v) is 8.20. The maximum Gasteiger partial charge on any atom is 0.239 e. The van der Waals surface area contributed by atoms with Gasteiger partial charge in [-0.25, -0.2) is 0 Å². The number of amides is 2. The summed E-state index contributed by atoms with van der Waals surface area (Å²) in [5, 5.41) is 0. The van der Waals surface area contributed by atoms with Crippen molar-refractivity contribution in [2.24, 2.45) is 5.92 Å². The maximum absolute atomic E-state index is 13.3. The monoisotopic (exact) mass is 376 g/mol. The summed E-state index contributed by atoms with van der Waals surface area (Å²) in [6, 6.07) is 14.6. The lowest BCUT2D eigenvalue weighted by Gasteiger charge is -2.27. The van der Waals surface area contributed by atoms with E-state index in [0.717, 1.165) is 25.1 Å². The van der Waals surface area contributed by atoms with E-state index >= 15 is 0 Å². The van der Waals surface area contributed by atoms with E-state index < -0.39 is 5.92 Å². The van der Waals surface area contributed by atoms with E-state index in [9.17, 15) is 9.59 Å². The highest BCUT2D eigenvalue weighted by Gasteiger charge is 2.42. The third-order valence-corrected chi connectivity index (χ3v) is 6.30. The molecule has 4 rings (SSSR count). The predicted octanol–water partition coefficient (Wildman–Crippen LogP) is 4.33. The number of likely N-dealkylation sites (tertiary alicyclic amines) is 1. The topological polar surface area (TPSA) is 40.6 Å². The first-order chi connectivity index (χ1) is 13.5. The normalized spacial score (nSPS) is 22.2. The van der Waals surface area contributed by atoms with Gasteiger partial charge in [0.15, 0.2) is 0 Å². The second kappa shape index (κ2) is 7.42. The van der Waals surface area contributed by atoms with Crippen LogP contribution in [0.2, 0.25) is 0 Å². The van der Waals surface area contributed by atoms with Gasteiger partial charge in [-0.2, -0.15) is 0 Å². The van der Waals surface area contributed by atoms with E-state index in [0.29, 0.717) is 13.0 Å². The molecule has 2 aromatic rings. The molecule has 4 nitrogen and oxygen atoms in total. The fraction of sp³-hybridized carbons (Fsp3) is 0.417. The van der Waals surface area contributed by atoms with Crippen LogP contribution < -0.4 is 4.90 Å². The van der Waals surface area contributed by atoms with Gasteiger partial charge >= 0.3 is 0 Å². The summed E-state index contributed by atoms with van der Waals surface area (Å²) >= 11 is 0. The number of hydrogen-bond donors (Lipinski definition) is 0. The van der Waals surface area contributed by atoms with Crippen molar-refractivity contribution in [1.82, 2.24) is 4.90 Å². The number of benzene rings is 2. The summed E-state index contributed by atoms with van der Waals surface area (Å²) < 4.78 is 0.